The average molecular weight is 182 g/mol. The first-order chi connectivity index (χ1) is 5.52. The molecule has 0 amide bonds. The molecule has 1 aliphatic rings. The van der Waals surface area contributed by atoms with Crippen LogP contribution in [0.5, 0.6) is 0 Å². The Morgan fingerprint density at radius 1 is 1.58 bits per heavy atom. The molecule has 1 aliphatic carbocycles. The van der Waals surface area contributed by atoms with E-state index in [1.807, 2.05) is 13.8 Å². The summed E-state index contributed by atoms with van der Waals surface area (Å²) in [5.74, 6) is 0.535. The van der Waals surface area contributed by atoms with Gasteiger partial charge in [0.25, 0.3) is 0 Å². The SMILES string of the molecule is C=C(C)C1CC(=O)C(C)=C(S)C1. The predicted octanol–water partition coefficient (Wildman–Crippen LogP) is 2.75. The van der Waals surface area contributed by atoms with E-state index < -0.39 is 0 Å². The molecule has 0 aliphatic heterocycles. The minimum absolute atomic E-state index is 0.222. The molecule has 0 bridgehead atoms. The topological polar surface area (TPSA) is 17.1 Å². The van der Waals surface area contributed by atoms with Gasteiger partial charge in [-0.3, -0.25) is 4.79 Å². The molecule has 0 aromatic heterocycles. The molecule has 66 valence electrons. The largest absolute Gasteiger partial charge is 0.295 e. The summed E-state index contributed by atoms with van der Waals surface area (Å²) in [6.45, 7) is 7.68. The second-order valence-corrected chi connectivity index (χ2v) is 3.99. The van der Waals surface area contributed by atoms with Gasteiger partial charge in [-0.25, -0.2) is 0 Å². The summed E-state index contributed by atoms with van der Waals surface area (Å²) >= 11 is 4.29. The number of Topliss-reactive ketones (excluding diaryl/α,β-unsaturated/α-hetero) is 1. The molecule has 1 rings (SSSR count). The van der Waals surface area contributed by atoms with Crippen molar-refractivity contribution in [1.29, 1.82) is 0 Å². The van der Waals surface area contributed by atoms with Crippen LogP contribution in [-0.4, -0.2) is 5.78 Å². The fourth-order valence-electron chi connectivity index (χ4n) is 1.34. The van der Waals surface area contributed by atoms with Crippen molar-refractivity contribution in [2.75, 3.05) is 0 Å². The fourth-order valence-corrected chi connectivity index (χ4v) is 1.69. The first-order valence-electron chi connectivity index (χ1n) is 4.09. The molecule has 0 aromatic rings. The quantitative estimate of drug-likeness (QED) is 0.487. The van der Waals surface area contributed by atoms with Gasteiger partial charge in [0.15, 0.2) is 5.78 Å². The molecule has 1 nitrogen and oxygen atoms in total. The van der Waals surface area contributed by atoms with Crippen LogP contribution in [0, 0.1) is 5.92 Å². The Hall–Kier alpha value is -0.500. The Morgan fingerprint density at radius 3 is 2.58 bits per heavy atom. The van der Waals surface area contributed by atoms with Gasteiger partial charge in [0, 0.05) is 12.0 Å². The zero-order valence-electron chi connectivity index (χ0n) is 7.55. The molecule has 2 heteroatoms. The first kappa shape index (κ1) is 9.59. The highest BCUT2D eigenvalue weighted by atomic mass is 32.1. The van der Waals surface area contributed by atoms with Crippen molar-refractivity contribution >= 4 is 18.4 Å². The smallest absolute Gasteiger partial charge is 0.159 e. The molecular formula is C10H14OS. The fraction of sp³-hybridized carbons (Fsp3) is 0.500. The van der Waals surface area contributed by atoms with Gasteiger partial charge in [-0.2, -0.15) is 0 Å². The summed E-state index contributed by atoms with van der Waals surface area (Å²) in [6, 6.07) is 0. The summed E-state index contributed by atoms with van der Waals surface area (Å²) in [7, 11) is 0. The third-order valence-corrected chi connectivity index (χ3v) is 2.94. The van der Waals surface area contributed by atoms with Crippen LogP contribution in [0.4, 0.5) is 0 Å². The van der Waals surface area contributed by atoms with E-state index in [4.69, 9.17) is 0 Å². The Labute approximate surface area is 79.0 Å². The van der Waals surface area contributed by atoms with Gasteiger partial charge in [0.2, 0.25) is 0 Å². The van der Waals surface area contributed by atoms with Crippen LogP contribution in [0.3, 0.4) is 0 Å². The zero-order chi connectivity index (χ0) is 9.30. The van der Waals surface area contributed by atoms with Crippen LogP contribution in [0.1, 0.15) is 26.7 Å². The lowest BCUT2D eigenvalue weighted by molar-refractivity contribution is -0.116. The molecule has 0 fully saturated rings. The van der Waals surface area contributed by atoms with Gasteiger partial charge in [-0.15, -0.1) is 12.6 Å². The van der Waals surface area contributed by atoms with Crippen molar-refractivity contribution in [3.05, 3.63) is 22.6 Å². The highest BCUT2D eigenvalue weighted by Crippen LogP contribution is 2.32. The maximum absolute atomic E-state index is 11.4. The predicted molar refractivity (Wildman–Crippen MR) is 54.2 cm³/mol. The number of ketones is 1. The molecule has 1 atom stereocenters. The normalized spacial score (nSPS) is 24.6. The number of thiol groups is 1. The van der Waals surface area contributed by atoms with E-state index in [2.05, 4.69) is 19.2 Å². The van der Waals surface area contributed by atoms with Gasteiger partial charge in [-0.1, -0.05) is 12.2 Å². The van der Waals surface area contributed by atoms with E-state index in [9.17, 15) is 4.79 Å². The molecule has 0 radical (unpaired) electrons. The van der Waals surface area contributed by atoms with Crippen LogP contribution in [0.15, 0.2) is 22.6 Å². The van der Waals surface area contributed by atoms with Gasteiger partial charge < -0.3 is 0 Å². The summed E-state index contributed by atoms with van der Waals surface area (Å²) in [5.41, 5.74) is 1.92. The first-order valence-corrected chi connectivity index (χ1v) is 4.54. The molecular weight excluding hydrogens is 168 g/mol. The molecule has 0 saturated carbocycles. The molecule has 0 saturated heterocycles. The van der Waals surface area contributed by atoms with Crippen LogP contribution < -0.4 is 0 Å². The Balaban J connectivity index is 2.85. The molecule has 1 unspecified atom stereocenters. The summed E-state index contributed by atoms with van der Waals surface area (Å²) in [6.07, 6.45) is 1.50. The monoisotopic (exact) mass is 182 g/mol. The van der Waals surface area contributed by atoms with E-state index in [0.29, 0.717) is 12.3 Å². The van der Waals surface area contributed by atoms with Crippen LogP contribution in [-0.2, 0) is 4.79 Å². The van der Waals surface area contributed by atoms with Gasteiger partial charge in [0.1, 0.15) is 0 Å². The van der Waals surface area contributed by atoms with E-state index >= 15 is 0 Å². The number of allylic oxidation sites excluding steroid dienone is 3. The molecule has 0 spiro atoms. The molecule has 0 heterocycles. The zero-order valence-corrected chi connectivity index (χ0v) is 8.45. The lowest BCUT2D eigenvalue weighted by Crippen LogP contribution is -2.16. The maximum Gasteiger partial charge on any atom is 0.159 e. The molecule has 0 N–H and O–H groups in total. The van der Waals surface area contributed by atoms with Crippen molar-refractivity contribution in [2.45, 2.75) is 26.7 Å². The van der Waals surface area contributed by atoms with Crippen molar-refractivity contribution in [3.8, 4) is 0 Å². The number of hydrogen-bond donors (Lipinski definition) is 1. The van der Waals surface area contributed by atoms with Crippen LogP contribution in [0.25, 0.3) is 0 Å². The van der Waals surface area contributed by atoms with E-state index in [0.717, 1.165) is 22.5 Å². The Morgan fingerprint density at radius 2 is 2.17 bits per heavy atom. The standard InChI is InChI=1S/C10H14OS/c1-6(2)8-4-9(11)7(3)10(12)5-8/h8,12H,1,4-5H2,2-3H3. The third kappa shape index (κ3) is 1.81. The number of carbonyl (C=O) groups is 1. The van der Waals surface area contributed by atoms with E-state index in [-0.39, 0.29) is 5.78 Å². The van der Waals surface area contributed by atoms with E-state index in [1.165, 1.54) is 0 Å². The van der Waals surface area contributed by atoms with Crippen molar-refractivity contribution in [1.82, 2.24) is 0 Å². The van der Waals surface area contributed by atoms with Crippen molar-refractivity contribution in [3.63, 3.8) is 0 Å². The summed E-state index contributed by atoms with van der Waals surface area (Å²) < 4.78 is 0. The summed E-state index contributed by atoms with van der Waals surface area (Å²) in [4.78, 5) is 12.3. The second-order valence-electron chi connectivity index (χ2n) is 3.45. The number of hydrogen-bond acceptors (Lipinski definition) is 2. The molecule has 12 heavy (non-hydrogen) atoms. The minimum Gasteiger partial charge on any atom is -0.295 e. The van der Waals surface area contributed by atoms with Crippen LogP contribution >= 0.6 is 12.6 Å². The lowest BCUT2D eigenvalue weighted by atomic mass is 9.85. The second kappa shape index (κ2) is 3.48. The van der Waals surface area contributed by atoms with Crippen LogP contribution in [0.2, 0.25) is 0 Å². The van der Waals surface area contributed by atoms with Gasteiger partial charge in [-0.05, 0) is 31.1 Å². The van der Waals surface area contributed by atoms with E-state index in [1.54, 1.807) is 0 Å². The lowest BCUT2D eigenvalue weighted by Gasteiger charge is -2.22. The average Bonchev–Trinajstić information content (AvgIpc) is 1.99. The summed E-state index contributed by atoms with van der Waals surface area (Å²) in [5, 5.41) is 0. The van der Waals surface area contributed by atoms with Gasteiger partial charge in [0.05, 0.1) is 0 Å². The maximum atomic E-state index is 11.4. The third-order valence-electron chi connectivity index (χ3n) is 2.42. The van der Waals surface area contributed by atoms with Gasteiger partial charge >= 0.3 is 0 Å². The Kier molecular flexibility index (Phi) is 2.78. The highest BCUT2D eigenvalue weighted by molar-refractivity contribution is 7.84. The number of rotatable bonds is 1. The number of carbonyl (C=O) groups excluding carboxylic acids is 1. The Bertz CT molecular complexity index is 263. The molecule has 0 aromatic carbocycles. The minimum atomic E-state index is 0.222. The highest BCUT2D eigenvalue weighted by Gasteiger charge is 2.23. The van der Waals surface area contributed by atoms with Crippen molar-refractivity contribution < 1.29 is 4.79 Å². The van der Waals surface area contributed by atoms with Crippen molar-refractivity contribution in [2.24, 2.45) is 5.92 Å².